The average molecular weight is 288 g/mol. The van der Waals surface area contributed by atoms with Crippen LogP contribution in [0.2, 0.25) is 5.02 Å². The quantitative estimate of drug-likeness (QED) is 0.809. The third-order valence-electron chi connectivity index (χ3n) is 3.09. The molecule has 0 saturated carbocycles. The maximum Gasteiger partial charge on any atom is 0.229 e. The fourth-order valence-electron chi connectivity index (χ4n) is 2.03. The lowest BCUT2D eigenvalue weighted by molar-refractivity contribution is -0.121. The van der Waals surface area contributed by atoms with Crippen molar-refractivity contribution < 1.29 is 4.79 Å². The average Bonchev–Trinajstić information content (AvgIpc) is 2.46. The summed E-state index contributed by atoms with van der Waals surface area (Å²) in [6.45, 7) is 4.33. The highest BCUT2D eigenvalue weighted by Crippen LogP contribution is 2.28. The summed E-state index contributed by atoms with van der Waals surface area (Å²) in [4.78, 5) is 14.2. The first-order valence-electron chi connectivity index (χ1n) is 6.69. The fourth-order valence-corrected chi connectivity index (χ4v) is 2.27. The summed E-state index contributed by atoms with van der Waals surface area (Å²) in [5, 5.41) is 0.595. The van der Waals surface area contributed by atoms with E-state index >= 15 is 0 Å². The molecule has 0 radical (unpaired) electrons. The van der Waals surface area contributed by atoms with Gasteiger partial charge in [0.25, 0.3) is 0 Å². The van der Waals surface area contributed by atoms with Crippen LogP contribution in [0.25, 0.3) is 0 Å². The standard InChI is InChI=1S/C17H18ClNO/c1-13(2)17(20)19(12-14-8-4-3-5-9-14)16-11-7-6-10-15(16)18/h3-11,13H,12H2,1-2H3. The van der Waals surface area contributed by atoms with Crippen LogP contribution in [-0.2, 0) is 11.3 Å². The van der Waals surface area contributed by atoms with E-state index in [-0.39, 0.29) is 11.8 Å². The van der Waals surface area contributed by atoms with Crippen molar-refractivity contribution in [1.29, 1.82) is 0 Å². The lowest BCUT2D eigenvalue weighted by Gasteiger charge is -2.25. The van der Waals surface area contributed by atoms with E-state index in [9.17, 15) is 4.79 Å². The zero-order chi connectivity index (χ0) is 14.5. The number of halogens is 1. The van der Waals surface area contributed by atoms with Crippen LogP contribution < -0.4 is 4.90 Å². The van der Waals surface area contributed by atoms with Gasteiger partial charge in [-0.3, -0.25) is 4.79 Å². The number of carbonyl (C=O) groups is 1. The number of anilines is 1. The fraction of sp³-hybridized carbons (Fsp3) is 0.235. The summed E-state index contributed by atoms with van der Waals surface area (Å²) in [6.07, 6.45) is 0. The van der Waals surface area contributed by atoms with E-state index in [4.69, 9.17) is 11.6 Å². The first kappa shape index (κ1) is 14.6. The summed E-state index contributed by atoms with van der Waals surface area (Å²) in [6, 6.07) is 17.4. The zero-order valence-electron chi connectivity index (χ0n) is 11.7. The van der Waals surface area contributed by atoms with Gasteiger partial charge in [-0.2, -0.15) is 0 Å². The van der Waals surface area contributed by atoms with Crippen LogP contribution in [0.1, 0.15) is 19.4 Å². The molecule has 0 saturated heterocycles. The number of para-hydroxylation sites is 1. The number of amides is 1. The molecule has 0 atom stereocenters. The van der Waals surface area contributed by atoms with Crippen LogP contribution in [0.15, 0.2) is 54.6 Å². The summed E-state index contributed by atoms with van der Waals surface area (Å²) < 4.78 is 0. The molecule has 0 aliphatic rings. The molecule has 0 spiro atoms. The maximum absolute atomic E-state index is 12.5. The Kier molecular flexibility index (Phi) is 4.80. The second-order valence-corrected chi connectivity index (χ2v) is 5.42. The predicted molar refractivity (Wildman–Crippen MR) is 83.9 cm³/mol. The Balaban J connectivity index is 2.35. The van der Waals surface area contributed by atoms with Crippen molar-refractivity contribution in [3.05, 3.63) is 65.2 Å². The number of benzene rings is 2. The molecule has 0 aliphatic heterocycles. The Morgan fingerprint density at radius 3 is 2.25 bits per heavy atom. The van der Waals surface area contributed by atoms with E-state index in [0.717, 1.165) is 11.3 Å². The molecule has 0 fully saturated rings. The van der Waals surface area contributed by atoms with Crippen molar-refractivity contribution >= 4 is 23.2 Å². The van der Waals surface area contributed by atoms with Crippen molar-refractivity contribution in [2.75, 3.05) is 4.90 Å². The minimum atomic E-state index is -0.0741. The Morgan fingerprint density at radius 1 is 1.05 bits per heavy atom. The van der Waals surface area contributed by atoms with E-state index in [1.807, 2.05) is 68.4 Å². The van der Waals surface area contributed by atoms with Crippen molar-refractivity contribution in [3.63, 3.8) is 0 Å². The molecule has 3 heteroatoms. The molecule has 0 bridgehead atoms. The number of carbonyl (C=O) groups excluding carboxylic acids is 1. The summed E-state index contributed by atoms with van der Waals surface area (Å²) in [7, 11) is 0. The van der Waals surface area contributed by atoms with E-state index in [1.54, 1.807) is 4.90 Å². The van der Waals surface area contributed by atoms with Gasteiger partial charge in [0, 0.05) is 5.92 Å². The zero-order valence-corrected chi connectivity index (χ0v) is 12.5. The minimum absolute atomic E-state index is 0.0713. The first-order chi connectivity index (χ1) is 9.59. The topological polar surface area (TPSA) is 20.3 Å². The summed E-state index contributed by atoms with van der Waals surface area (Å²) in [5.41, 5.74) is 1.85. The van der Waals surface area contributed by atoms with Crippen molar-refractivity contribution in [3.8, 4) is 0 Å². The van der Waals surface area contributed by atoms with Crippen molar-refractivity contribution in [1.82, 2.24) is 0 Å². The number of hydrogen-bond acceptors (Lipinski definition) is 1. The molecule has 104 valence electrons. The van der Waals surface area contributed by atoms with Gasteiger partial charge in [-0.15, -0.1) is 0 Å². The first-order valence-corrected chi connectivity index (χ1v) is 7.07. The SMILES string of the molecule is CC(C)C(=O)N(Cc1ccccc1)c1ccccc1Cl. The van der Waals surface area contributed by atoms with Crippen LogP contribution in [0.3, 0.4) is 0 Å². The van der Waals surface area contributed by atoms with E-state index < -0.39 is 0 Å². The molecule has 0 unspecified atom stereocenters. The van der Waals surface area contributed by atoms with Crippen molar-refractivity contribution in [2.45, 2.75) is 20.4 Å². The molecule has 2 nitrogen and oxygen atoms in total. The molecular formula is C17H18ClNO. The second-order valence-electron chi connectivity index (χ2n) is 5.02. The van der Waals surface area contributed by atoms with Gasteiger partial charge in [0.05, 0.1) is 17.3 Å². The van der Waals surface area contributed by atoms with Crippen LogP contribution >= 0.6 is 11.6 Å². The lowest BCUT2D eigenvalue weighted by atomic mass is 10.1. The Hall–Kier alpha value is -1.80. The molecule has 1 amide bonds. The van der Waals surface area contributed by atoms with E-state index in [1.165, 1.54) is 0 Å². The molecule has 2 aromatic rings. The van der Waals surface area contributed by atoms with Crippen molar-refractivity contribution in [2.24, 2.45) is 5.92 Å². The molecule has 2 aromatic carbocycles. The largest absolute Gasteiger partial charge is 0.306 e. The summed E-state index contributed by atoms with van der Waals surface area (Å²) in [5.74, 6) is -0.00284. The number of rotatable bonds is 4. The van der Waals surface area contributed by atoms with Gasteiger partial charge in [-0.25, -0.2) is 0 Å². The van der Waals surface area contributed by atoms with Gasteiger partial charge in [0.1, 0.15) is 0 Å². The number of hydrogen-bond donors (Lipinski definition) is 0. The smallest absolute Gasteiger partial charge is 0.229 e. The predicted octanol–water partition coefficient (Wildman–Crippen LogP) is 4.53. The number of nitrogens with zero attached hydrogens (tertiary/aromatic N) is 1. The Morgan fingerprint density at radius 2 is 1.65 bits per heavy atom. The van der Waals surface area contributed by atoms with Gasteiger partial charge < -0.3 is 4.90 Å². The third-order valence-corrected chi connectivity index (χ3v) is 3.41. The minimum Gasteiger partial charge on any atom is -0.306 e. The van der Waals surface area contributed by atoms with E-state index in [0.29, 0.717) is 11.6 Å². The van der Waals surface area contributed by atoms with Gasteiger partial charge >= 0.3 is 0 Å². The van der Waals surface area contributed by atoms with Crippen LogP contribution in [0.5, 0.6) is 0 Å². The lowest BCUT2D eigenvalue weighted by Crippen LogP contribution is -2.34. The van der Waals surface area contributed by atoms with Gasteiger partial charge in [0.2, 0.25) is 5.91 Å². The summed E-state index contributed by atoms with van der Waals surface area (Å²) >= 11 is 6.24. The van der Waals surface area contributed by atoms with Gasteiger partial charge in [-0.05, 0) is 17.7 Å². The van der Waals surface area contributed by atoms with E-state index in [2.05, 4.69) is 0 Å². The monoisotopic (exact) mass is 287 g/mol. The maximum atomic E-state index is 12.5. The third kappa shape index (κ3) is 3.40. The molecule has 20 heavy (non-hydrogen) atoms. The Labute approximate surface area is 125 Å². The van der Waals surface area contributed by atoms with Crippen LogP contribution in [-0.4, -0.2) is 5.91 Å². The molecule has 2 rings (SSSR count). The second kappa shape index (κ2) is 6.58. The highest BCUT2D eigenvalue weighted by atomic mass is 35.5. The molecule has 0 aromatic heterocycles. The highest BCUT2D eigenvalue weighted by molar-refractivity contribution is 6.33. The molecule has 0 N–H and O–H groups in total. The molecule has 0 heterocycles. The normalized spacial score (nSPS) is 10.6. The highest BCUT2D eigenvalue weighted by Gasteiger charge is 2.20. The van der Waals surface area contributed by atoms with Crippen LogP contribution in [0, 0.1) is 5.92 Å². The van der Waals surface area contributed by atoms with Gasteiger partial charge in [-0.1, -0.05) is 67.9 Å². The molecular weight excluding hydrogens is 270 g/mol. The Bertz CT molecular complexity index is 581. The van der Waals surface area contributed by atoms with Gasteiger partial charge in [0.15, 0.2) is 0 Å². The molecule has 0 aliphatic carbocycles. The van der Waals surface area contributed by atoms with Crippen LogP contribution in [0.4, 0.5) is 5.69 Å².